The van der Waals surface area contributed by atoms with Crippen molar-refractivity contribution in [3.8, 4) is 6.07 Å². The van der Waals surface area contributed by atoms with E-state index in [1.54, 1.807) is 31.2 Å². The lowest BCUT2D eigenvalue weighted by molar-refractivity contribution is -0.132. The number of nitrogens with one attached hydrogen (secondary N) is 1. The van der Waals surface area contributed by atoms with Crippen LogP contribution in [0.15, 0.2) is 48.5 Å². The molecule has 1 heterocycles. The number of hydrogen-bond acceptors (Lipinski definition) is 3. The fraction of sp³-hybridized carbons (Fsp3) is 0.211. The van der Waals surface area contributed by atoms with Gasteiger partial charge in [0.25, 0.3) is 5.91 Å². The Labute approximate surface area is 144 Å². The quantitative estimate of drug-likeness (QED) is 0.872. The van der Waals surface area contributed by atoms with E-state index in [-0.39, 0.29) is 12.5 Å². The van der Waals surface area contributed by atoms with E-state index in [0.717, 1.165) is 4.90 Å². The Kier molecular flexibility index (Phi) is 4.24. The fourth-order valence-corrected chi connectivity index (χ4v) is 3.07. The summed E-state index contributed by atoms with van der Waals surface area (Å²) in [4.78, 5) is 26.5. The molecule has 6 heteroatoms. The van der Waals surface area contributed by atoms with Gasteiger partial charge in [0.05, 0.1) is 18.2 Å². The molecule has 1 N–H and O–H groups in total. The third kappa shape index (κ3) is 2.85. The highest BCUT2D eigenvalue weighted by molar-refractivity contribution is 6.07. The molecule has 1 aliphatic rings. The molecule has 1 unspecified atom stereocenters. The monoisotopic (exact) mass is 337 g/mol. The zero-order valence-electron chi connectivity index (χ0n) is 13.6. The molecular weight excluding hydrogens is 321 g/mol. The van der Waals surface area contributed by atoms with E-state index in [0.29, 0.717) is 23.1 Å². The van der Waals surface area contributed by atoms with Crippen molar-refractivity contribution in [1.82, 2.24) is 10.2 Å². The second-order valence-corrected chi connectivity index (χ2v) is 5.90. The smallest absolute Gasteiger partial charge is 0.319 e. The minimum Gasteiger partial charge on any atom is -0.319 e. The predicted octanol–water partition coefficient (Wildman–Crippen LogP) is 3.05. The summed E-state index contributed by atoms with van der Waals surface area (Å²) in [5.41, 5.74) is 0.499. The van der Waals surface area contributed by atoms with Crippen LogP contribution < -0.4 is 5.32 Å². The molecule has 0 spiro atoms. The zero-order chi connectivity index (χ0) is 18.0. The van der Waals surface area contributed by atoms with Crippen LogP contribution in [0.3, 0.4) is 0 Å². The molecule has 1 saturated heterocycles. The molecule has 2 aromatic carbocycles. The summed E-state index contributed by atoms with van der Waals surface area (Å²) in [6, 6.07) is 13.9. The number of carbonyl (C=O) groups excluding carboxylic acids is 2. The van der Waals surface area contributed by atoms with Crippen LogP contribution in [0, 0.1) is 17.1 Å². The standard InChI is InChI=1S/C19H16FN3O2/c1-2-19(15-6-8-16(20)9-7-15)17(24)23(18(25)22-19)12-14-5-3-4-13(10-14)11-21/h3-10H,2,12H2,1H3,(H,22,25). The minimum atomic E-state index is -1.20. The lowest BCUT2D eigenvalue weighted by Gasteiger charge is -2.25. The first-order valence-corrected chi connectivity index (χ1v) is 7.89. The van der Waals surface area contributed by atoms with Gasteiger partial charge < -0.3 is 5.32 Å². The Hall–Kier alpha value is -3.20. The number of halogens is 1. The van der Waals surface area contributed by atoms with E-state index in [1.807, 2.05) is 6.07 Å². The number of rotatable bonds is 4. The van der Waals surface area contributed by atoms with Gasteiger partial charge in [0.1, 0.15) is 11.4 Å². The molecule has 3 rings (SSSR count). The van der Waals surface area contributed by atoms with Crippen LogP contribution in [0.5, 0.6) is 0 Å². The average Bonchev–Trinajstić information content (AvgIpc) is 2.87. The van der Waals surface area contributed by atoms with Crippen LogP contribution in [-0.2, 0) is 16.9 Å². The molecule has 25 heavy (non-hydrogen) atoms. The Balaban J connectivity index is 1.93. The van der Waals surface area contributed by atoms with Gasteiger partial charge in [0, 0.05) is 0 Å². The van der Waals surface area contributed by atoms with Crippen molar-refractivity contribution in [2.75, 3.05) is 0 Å². The van der Waals surface area contributed by atoms with Crippen molar-refractivity contribution in [2.45, 2.75) is 25.4 Å². The van der Waals surface area contributed by atoms with E-state index in [1.165, 1.54) is 24.3 Å². The first kappa shape index (κ1) is 16.7. The maximum atomic E-state index is 13.2. The molecule has 1 atom stereocenters. The number of urea groups is 1. The van der Waals surface area contributed by atoms with Crippen LogP contribution in [0.2, 0.25) is 0 Å². The number of nitrogens with zero attached hydrogens (tertiary/aromatic N) is 2. The van der Waals surface area contributed by atoms with Crippen molar-refractivity contribution in [1.29, 1.82) is 5.26 Å². The van der Waals surface area contributed by atoms with Crippen LogP contribution in [0.25, 0.3) is 0 Å². The highest BCUT2D eigenvalue weighted by atomic mass is 19.1. The van der Waals surface area contributed by atoms with Gasteiger partial charge in [0.2, 0.25) is 0 Å². The minimum absolute atomic E-state index is 0.0726. The zero-order valence-corrected chi connectivity index (χ0v) is 13.6. The average molecular weight is 337 g/mol. The van der Waals surface area contributed by atoms with E-state index in [2.05, 4.69) is 5.32 Å². The number of nitriles is 1. The summed E-state index contributed by atoms with van der Waals surface area (Å²) in [5, 5.41) is 11.7. The molecule has 0 bridgehead atoms. The van der Waals surface area contributed by atoms with Crippen molar-refractivity contribution in [3.63, 3.8) is 0 Å². The fourth-order valence-electron chi connectivity index (χ4n) is 3.07. The number of benzene rings is 2. The van der Waals surface area contributed by atoms with Gasteiger partial charge in [-0.25, -0.2) is 9.18 Å². The summed E-state index contributed by atoms with van der Waals surface area (Å²) >= 11 is 0. The largest absolute Gasteiger partial charge is 0.325 e. The third-order valence-electron chi connectivity index (χ3n) is 4.44. The lowest BCUT2D eigenvalue weighted by Crippen LogP contribution is -2.43. The molecule has 0 aromatic heterocycles. The Morgan fingerprint density at radius 2 is 1.92 bits per heavy atom. The summed E-state index contributed by atoms with van der Waals surface area (Å²) in [5.74, 6) is -0.786. The van der Waals surface area contributed by atoms with Crippen LogP contribution >= 0.6 is 0 Å². The molecule has 2 aromatic rings. The van der Waals surface area contributed by atoms with Gasteiger partial charge >= 0.3 is 6.03 Å². The molecule has 126 valence electrons. The van der Waals surface area contributed by atoms with Crippen molar-refractivity contribution in [2.24, 2.45) is 0 Å². The Morgan fingerprint density at radius 3 is 2.56 bits per heavy atom. The summed E-state index contributed by atoms with van der Waals surface area (Å²) in [7, 11) is 0. The van der Waals surface area contributed by atoms with Crippen molar-refractivity contribution < 1.29 is 14.0 Å². The highest BCUT2D eigenvalue weighted by Crippen LogP contribution is 2.33. The Bertz CT molecular complexity index is 873. The van der Waals surface area contributed by atoms with Crippen molar-refractivity contribution in [3.05, 3.63) is 71.0 Å². The van der Waals surface area contributed by atoms with Gasteiger partial charge in [-0.05, 0) is 41.8 Å². The summed E-state index contributed by atoms with van der Waals surface area (Å²) in [6.45, 7) is 1.87. The topological polar surface area (TPSA) is 73.2 Å². The van der Waals surface area contributed by atoms with E-state index in [4.69, 9.17) is 5.26 Å². The maximum absolute atomic E-state index is 13.2. The van der Waals surface area contributed by atoms with E-state index in [9.17, 15) is 14.0 Å². The van der Waals surface area contributed by atoms with Crippen LogP contribution in [0.1, 0.15) is 30.0 Å². The maximum Gasteiger partial charge on any atom is 0.325 e. The SMILES string of the molecule is CCC1(c2ccc(F)cc2)NC(=O)N(Cc2cccc(C#N)c2)C1=O. The number of imide groups is 1. The molecule has 5 nitrogen and oxygen atoms in total. The molecule has 1 aliphatic heterocycles. The third-order valence-corrected chi connectivity index (χ3v) is 4.44. The second-order valence-electron chi connectivity index (χ2n) is 5.90. The van der Waals surface area contributed by atoms with Gasteiger partial charge in [-0.3, -0.25) is 9.69 Å². The first-order valence-electron chi connectivity index (χ1n) is 7.89. The van der Waals surface area contributed by atoms with Gasteiger partial charge in [-0.2, -0.15) is 5.26 Å². The number of carbonyl (C=O) groups is 2. The van der Waals surface area contributed by atoms with Gasteiger partial charge in [-0.1, -0.05) is 31.2 Å². The Morgan fingerprint density at radius 1 is 1.20 bits per heavy atom. The normalized spacial score (nSPS) is 19.6. The number of hydrogen-bond donors (Lipinski definition) is 1. The number of amides is 3. The van der Waals surface area contributed by atoms with E-state index >= 15 is 0 Å². The van der Waals surface area contributed by atoms with Gasteiger partial charge in [0.15, 0.2) is 0 Å². The van der Waals surface area contributed by atoms with Crippen molar-refractivity contribution >= 4 is 11.9 Å². The first-order chi connectivity index (χ1) is 12.0. The van der Waals surface area contributed by atoms with Crippen LogP contribution in [0.4, 0.5) is 9.18 Å². The van der Waals surface area contributed by atoms with Crippen LogP contribution in [-0.4, -0.2) is 16.8 Å². The highest BCUT2D eigenvalue weighted by Gasteiger charge is 2.51. The summed E-state index contributed by atoms with van der Waals surface area (Å²) in [6.07, 6.45) is 0.345. The molecular formula is C19H16FN3O2. The molecule has 1 fully saturated rings. The molecule has 0 radical (unpaired) electrons. The lowest BCUT2D eigenvalue weighted by atomic mass is 9.87. The molecule has 0 saturated carbocycles. The van der Waals surface area contributed by atoms with Gasteiger partial charge in [-0.15, -0.1) is 0 Å². The predicted molar refractivity (Wildman–Crippen MR) is 88.6 cm³/mol. The summed E-state index contributed by atoms with van der Waals surface area (Å²) < 4.78 is 13.2. The molecule has 3 amide bonds. The van der Waals surface area contributed by atoms with E-state index < -0.39 is 17.4 Å². The molecule has 0 aliphatic carbocycles. The second kappa shape index (κ2) is 6.36.